The molecule has 1 N–H and O–H groups in total. The molecular weight excluding hydrogens is 446 g/mol. The summed E-state index contributed by atoms with van der Waals surface area (Å²) >= 11 is 6.27. The Morgan fingerprint density at radius 2 is 1.47 bits per heavy atom. The summed E-state index contributed by atoms with van der Waals surface area (Å²) in [4.78, 5) is 30.6. The summed E-state index contributed by atoms with van der Waals surface area (Å²) in [5.41, 5.74) is 2.30. The van der Waals surface area contributed by atoms with Crippen LogP contribution in [0.1, 0.15) is 34.3 Å². The highest BCUT2D eigenvalue weighted by Gasteiger charge is 2.51. The molecule has 0 saturated carbocycles. The van der Waals surface area contributed by atoms with E-state index in [0.717, 1.165) is 11.1 Å². The molecule has 0 aliphatic carbocycles. The van der Waals surface area contributed by atoms with Crippen molar-refractivity contribution in [1.29, 1.82) is 0 Å². The molecule has 0 radical (unpaired) electrons. The molecule has 3 aromatic rings. The summed E-state index contributed by atoms with van der Waals surface area (Å²) in [5, 5.41) is 4.17. The van der Waals surface area contributed by atoms with Gasteiger partial charge < -0.3 is 9.80 Å². The van der Waals surface area contributed by atoms with E-state index in [1.807, 2.05) is 58.3 Å². The van der Waals surface area contributed by atoms with Gasteiger partial charge in [0.25, 0.3) is 5.91 Å². The Morgan fingerprint density at radius 1 is 0.882 bits per heavy atom. The van der Waals surface area contributed by atoms with Gasteiger partial charge in [-0.2, -0.15) is 0 Å². The Bertz CT molecular complexity index is 1160. The molecule has 0 aromatic heterocycles. The number of likely N-dealkylation sites (tertiary alicyclic amines) is 1. The fraction of sp³-hybridized carbons (Fsp3) is 0.286. The van der Waals surface area contributed by atoms with Gasteiger partial charge in [0.1, 0.15) is 0 Å². The number of nitrogens with zero attached hydrogens (tertiary/aromatic N) is 2. The van der Waals surface area contributed by atoms with Crippen LogP contribution in [0.25, 0.3) is 0 Å². The van der Waals surface area contributed by atoms with E-state index in [9.17, 15) is 9.59 Å². The van der Waals surface area contributed by atoms with Crippen LogP contribution in [0.5, 0.6) is 0 Å². The van der Waals surface area contributed by atoms with Gasteiger partial charge in [-0.25, -0.2) is 0 Å². The SMILES string of the molecule is O=C(c1ccccc1Cl)N1CCC2(CC1)N[C@H](Cc1ccccc1)C(=O)N2Cc1ccccc1. The first-order valence-electron chi connectivity index (χ1n) is 11.8. The van der Waals surface area contributed by atoms with Gasteiger partial charge >= 0.3 is 0 Å². The molecular formula is C28H28ClN3O2. The number of hydrogen-bond acceptors (Lipinski definition) is 3. The third-order valence-electron chi connectivity index (χ3n) is 6.97. The maximum atomic E-state index is 13.6. The Labute approximate surface area is 205 Å². The Morgan fingerprint density at radius 3 is 2.12 bits per heavy atom. The maximum Gasteiger partial charge on any atom is 0.255 e. The lowest BCUT2D eigenvalue weighted by atomic mass is 9.94. The summed E-state index contributed by atoms with van der Waals surface area (Å²) in [7, 11) is 0. The number of carbonyl (C=O) groups excluding carboxylic acids is 2. The van der Waals surface area contributed by atoms with Crippen LogP contribution in [0, 0.1) is 0 Å². The van der Waals surface area contributed by atoms with Crippen LogP contribution in [0.4, 0.5) is 0 Å². The second-order valence-electron chi connectivity index (χ2n) is 9.10. The number of nitrogens with one attached hydrogen (secondary N) is 1. The van der Waals surface area contributed by atoms with Crippen LogP contribution in [-0.2, 0) is 17.8 Å². The van der Waals surface area contributed by atoms with Crippen LogP contribution in [0.2, 0.25) is 5.02 Å². The van der Waals surface area contributed by atoms with Crippen LogP contribution in [-0.4, -0.2) is 46.4 Å². The second-order valence-corrected chi connectivity index (χ2v) is 9.51. The molecule has 1 atom stereocenters. The first kappa shape index (κ1) is 22.6. The molecule has 2 amide bonds. The van der Waals surface area contributed by atoms with Gasteiger partial charge in [-0.1, -0.05) is 84.4 Å². The van der Waals surface area contributed by atoms with Crippen molar-refractivity contribution < 1.29 is 9.59 Å². The van der Waals surface area contributed by atoms with Gasteiger partial charge in [0.15, 0.2) is 0 Å². The van der Waals surface area contributed by atoms with Gasteiger partial charge in [0, 0.05) is 32.5 Å². The van der Waals surface area contributed by atoms with E-state index in [2.05, 4.69) is 29.6 Å². The third-order valence-corrected chi connectivity index (χ3v) is 7.30. The highest BCUT2D eigenvalue weighted by Crippen LogP contribution is 2.35. The molecule has 2 aliphatic heterocycles. The van der Waals surface area contributed by atoms with Crippen molar-refractivity contribution in [3.8, 4) is 0 Å². The molecule has 1 spiro atoms. The van der Waals surface area contributed by atoms with Gasteiger partial charge in [0.05, 0.1) is 22.3 Å². The summed E-state index contributed by atoms with van der Waals surface area (Å²) in [5.74, 6) is 0.0683. The van der Waals surface area contributed by atoms with E-state index < -0.39 is 5.66 Å². The Hall–Kier alpha value is -3.15. The standard InChI is InChI=1S/C28H28ClN3O2/c29-24-14-8-7-13-23(24)26(33)31-17-15-28(16-18-31)30-25(19-21-9-3-1-4-10-21)27(34)32(28)20-22-11-5-2-6-12-22/h1-14,25,30H,15-20H2/t25-/m1/s1. The lowest BCUT2D eigenvalue weighted by Crippen LogP contribution is -2.59. The highest BCUT2D eigenvalue weighted by atomic mass is 35.5. The minimum atomic E-state index is -0.469. The predicted molar refractivity (Wildman–Crippen MR) is 133 cm³/mol. The number of carbonyl (C=O) groups is 2. The van der Waals surface area contributed by atoms with E-state index in [4.69, 9.17) is 11.6 Å². The monoisotopic (exact) mass is 473 g/mol. The predicted octanol–water partition coefficient (Wildman–Crippen LogP) is 4.52. The Kier molecular flexibility index (Phi) is 6.40. The molecule has 2 saturated heterocycles. The molecule has 0 bridgehead atoms. The minimum Gasteiger partial charge on any atom is -0.338 e. The highest BCUT2D eigenvalue weighted by molar-refractivity contribution is 6.33. The van der Waals surface area contributed by atoms with E-state index in [1.54, 1.807) is 12.1 Å². The molecule has 5 nitrogen and oxygen atoms in total. The molecule has 34 heavy (non-hydrogen) atoms. The average molecular weight is 474 g/mol. The van der Waals surface area contributed by atoms with Gasteiger partial charge in [-0.3, -0.25) is 14.9 Å². The fourth-order valence-corrected chi connectivity index (χ4v) is 5.36. The third kappa shape index (κ3) is 4.46. The molecule has 2 fully saturated rings. The van der Waals surface area contributed by atoms with Crippen molar-refractivity contribution in [2.75, 3.05) is 13.1 Å². The first-order chi connectivity index (χ1) is 16.6. The normalized spacial score (nSPS) is 19.6. The molecule has 6 heteroatoms. The van der Waals surface area contributed by atoms with Crippen molar-refractivity contribution in [2.45, 2.75) is 37.5 Å². The summed E-state index contributed by atoms with van der Waals surface area (Å²) in [6.45, 7) is 1.68. The molecule has 3 aromatic carbocycles. The lowest BCUT2D eigenvalue weighted by molar-refractivity contribution is -0.134. The van der Waals surface area contributed by atoms with Crippen LogP contribution in [0.15, 0.2) is 84.9 Å². The number of rotatable bonds is 5. The molecule has 0 unspecified atom stereocenters. The average Bonchev–Trinajstić information content (AvgIpc) is 3.11. The number of piperidine rings is 1. The maximum absolute atomic E-state index is 13.6. The van der Waals surface area contributed by atoms with E-state index in [0.29, 0.717) is 49.5 Å². The van der Waals surface area contributed by atoms with Gasteiger partial charge in [0.2, 0.25) is 5.91 Å². The number of amides is 2. The van der Waals surface area contributed by atoms with Crippen LogP contribution >= 0.6 is 11.6 Å². The molecule has 5 rings (SSSR count). The number of hydrogen-bond donors (Lipinski definition) is 1. The minimum absolute atomic E-state index is 0.0554. The van der Waals surface area contributed by atoms with Crippen LogP contribution in [0.3, 0.4) is 0 Å². The topological polar surface area (TPSA) is 52.7 Å². The fourth-order valence-electron chi connectivity index (χ4n) is 5.15. The number of halogens is 1. The largest absolute Gasteiger partial charge is 0.338 e. The van der Waals surface area contributed by atoms with Crippen molar-refractivity contribution in [3.05, 3.63) is 107 Å². The van der Waals surface area contributed by atoms with Gasteiger partial charge in [-0.05, 0) is 29.7 Å². The second kappa shape index (κ2) is 9.61. The van der Waals surface area contributed by atoms with Crippen molar-refractivity contribution in [1.82, 2.24) is 15.1 Å². The molecule has 2 aliphatic rings. The van der Waals surface area contributed by atoms with E-state index in [-0.39, 0.29) is 17.9 Å². The Balaban J connectivity index is 1.37. The smallest absolute Gasteiger partial charge is 0.255 e. The van der Waals surface area contributed by atoms with Crippen LogP contribution < -0.4 is 5.32 Å². The van der Waals surface area contributed by atoms with Crippen molar-refractivity contribution in [3.63, 3.8) is 0 Å². The van der Waals surface area contributed by atoms with Gasteiger partial charge in [-0.15, -0.1) is 0 Å². The zero-order valence-electron chi connectivity index (χ0n) is 19.0. The summed E-state index contributed by atoms with van der Waals surface area (Å²) in [6.07, 6.45) is 2.00. The summed E-state index contributed by atoms with van der Waals surface area (Å²) < 4.78 is 0. The van der Waals surface area contributed by atoms with Crippen molar-refractivity contribution in [2.24, 2.45) is 0 Å². The lowest BCUT2D eigenvalue weighted by Gasteiger charge is -2.44. The zero-order chi connectivity index (χ0) is 23.5. The van der Waals surface area contributed by atoms with E-state index >= 15 is 0 Å². The molecule has 2 heterocycles. The van der Waals surface area contributed by atoms with Crippen molar-refractivity contribution >= 4 is 23.4 Å². The van der Waals surface area contributed by atoms with E-state index in [1.165, 1.54) is 0 Å². The quantitative estimate of drug-likeness (QED) is 0.593. The summed E-state index contributed by atoms with van der Waals surface area (Å²) in [6, 6.07) is 27.1. The molecule has 174 valence electrons. The zero-order valence-corrected chi connectivity index (χ0v) is 19.7. The first-order valence-corrected chi connectivity index (χ1v) is 12.1. The number of benzene rings is 3.